The Morgan fingerprint density at radius 3 is 2.67 bits per heavy atom. The van der Waals surface area contributed by atoms with E-state index in [2.05, 4.69) is 11.6 Å². The highest BCUT2D eigenvalue weighted by atomic mass is 35.5. The largest absolute Gasteiger partial charge is 0.488 e. The maximum Gasteiger partial charge on any atom is 0.350 e. The minimum atomic E-state index is -0.790. The van der Waals surface area contributed by atoms with Crippen molar-refractivity contribution in [2.24, 2.45) is 0 Å². The molecule has 5 rings (SSSR count). The average molecular weight is 560 g/mol. The van der Waals surface area contributed by atoms with Crippen LogP contribution < -0.4 is 15.3 Å². The van der Waals surface area contributed by atoms with E-state index in [4.69, 9.17) is 16.3 Å². The van der Waals surface area contributed by atoms with Crippen LogP contribution in [0.1, 0.15) is 19.9 Å². The zero-order valence-electron chi connectivity index (χ0n) is 22.4. The molecule has 2 aliphatic rings. The lowest BCUT2D eigenvalue weighted by Gasteiger charge is -2.46. The van der Waals surface area contributed by atoms with Crippen LogP contribution in [0.2, 0.25) is 5.02 Å². The third kappa shape index (κ3) is 4.80. The van der Waals surface area contributed by atoms with Gasteiger partial charge >= 0.3 is 5.69 Å². The highest BCUT2D eigenvalue weighted by molar-refractivity contribution is 6.35. The number of piperazine rings is 1. The van der Waals surface area contributed by atoms with Crippen molar-refractivity contribution in [1.82, 2.24) is 19.4 Å². The van der Waals surface area contributed by atoms with Crippen molar-refractivity contribution in [3.05, 3.63) is 64.1 Å². The first-order valence-electron chi connectivity index (χ1n) is 12.9. The number of anilines is 1. The van der Waals surface area contributed by atoms with Gasteiger partial charge in [-0.25, -0.2) is 13.6 Å². The topological polar surface area (TPSA) is 74.1 Å². The quantitative estimate of drug-likeness (QED) is 0.459. The molecule has 1 fully saturated rings. The van der Waals surface area contributed by atoms with Crippen LogP contribution in [-0.4, -0.2) is 83.1 Å². The summed E-state index contributed by atoms with van der Waals surface area (Å²) in [6.45, 7) is 9.36. The molecule has 2 aromatic carbocycles. The molecule has 3 aromatic rings. The van der Waals surface area contributed by atoms with Crippen molar-refractivity contribution in [2.45, 2.75) is 38.2 Å². The van der Waals surface area contributed by atoms with Crippen molar-refractivity contribution in [3.8, 4) is 16.9 Å². The first-order valence-corrected chi connectivity index (χ1v) is 13.2. The number of halogens is 3. The van der Waals surface area contributed by atoms with Crippen molar-refractivity contribution in [2.75, 3.05) is 45.2 Å². The summed E-state index contributed by atoms with van der Waals surface area (Å²) in [5.74, 6) is -0.781. The normalized spacial score (nSPS) is 22.3. The summed E-state index contributed by atoms with van der Waals surface area (Å²) in [5, 5.41) is 11.2. The first kappa shape index (κ1) is 27.5. The van der Waals surface area contributed by atoms with Gasteiger partial charge in [0.15, 0.2) is 5.75 Å². The van der Waals surface area contributed by atoms with Gasteiger partial charge in [0.1, 0.15) is 30.3 Å². The molecule has 1 aromatic heterocycles. The Hall–Kier alpha value is -3.05. The minimum Gasteiger partial charge on any atom is -0.488 e. The molecule has 0 spiro atoms. The van der Waals surface area contributed by atoms with E-state index in [9.17, 15) is 18.7 Å². The molecular formula is C28H32ClF2N5O3. The van der Waals surface area contributed by atoms with E-state index in [0.717, 1.165) is 12.1 Å². The summed E-state index contributed by atoms with van der Waals surface area (Å²) < 4.78 is 36.6. The van der Waals surface area contributed by atoms with Crippen LogP contribution >= 0.6 is 11.6 Å². The standard InChI is InChI=1S/C28H32ClF2N5O3/c1-6-23(37)34-11-16(3)35(12-15(34)2)27-20-10-21(29)24(19-8-7-17(30)9-22(19)31)26-25(20)36(28(38)32-27)18(14-39-26)13-33(4)5/h6-10,15-16,18,23,37H,1,11-14H2,2-5H3/t15-,16+,18?,23?/m1/s1. The van der Waals surface area contributed by atoms with E-state index in [1.54, 1.807) is 10.6 Å². The van der Waals surface area contributed by atoms with E-state index >= 15 is 0 Å². The van der Waals surface area contributed by atoms with Gasteiger partial charge in [-0.2, -0.15) is 4.98 Å². The third-order valence-electron chi connectivity index (χ3n) is 7.51. The highest BCUT2D eigenvalue weighted by Crippen LogP contribution is 2.47. The zero-order chi connectivity index (χ0) is 28.2. The van der Waals surface area contributed by atoms with Gasteiger partial charge in [-0.15, -0.1) is 0 Å². The lowest BCUT2D eigenvalue weighted by atomic mass is 9.99. The van der Waals surface area contributed by atoms with Gasteiger partial charge in [-0.3, -0.25) is 9.47 Å². The van der Waals surface area contributed by atoms with Crippen molar-refractivity contribution in [1.29, 1.82) is 0 Å². The van der Waals surface area contributed by atoms with Crippen LogP contribution in [-0.2, 0) is 0 Å². The summed E-state index contributed by atoms with van der Waals surface area (Å²) in [6, 6.07) is 4.44. The van der Waals surface area contributed by atoms with Gasteiger partial charge in [0.2, 0.25) is 0 Å². The van der Waals surface area contributed by atoms with Gasteiger partial charge in [0.25, 0.3) is 0 Å². The van der Waals surface area contributed by atoms with Gasteiger partial charge in [-0.05, 0) is 52.2 Å². The Labute approximate surface area is 230 Å². The van der Waals surface area contributed by atoms with E-state index in [1.807, 2.05) is 42.6 Å². The van der Waals surface area contributed by atoms with Crippen molar-refractivity contribution >= 4 is 28.3 Å². The number of hydrogen-bond acceptors (Lipinski definition) is 7. The van der Waals surface area contributed by atoms with E-state index in [0.29, 0.717) is 36.4 Å². The predicted molar refractivity (Wildman–Crippen MR) is 149 cm³/mol. The summed E-state index contributed by atoms with van der Waals surface area (Å²) in [7, 11) is 3.81. The zero-order valence-corrected chi connectivity index (χ0v) is 23.1. The minimum absolute atomic E-state index is 0.0679. The predicted octanol–water partition coefficient (Wildman–Crippen LogP) is 3.89. The molecule has 208 valence electrons. The second-order valence-electron chi connectivity index (χ2n) is 10.6. The number of aliphatic hydroxyl groups excluding tert-OH is 1. The van der Waals surface area contributed by atoms with E-state index < -0.39 is 23.6 Å². The van der Waals surface area contributed by atoms with Crippen LogP contribution in [0, 0.1) is 11.6 Å². The molecule has 0 radical (unpaired) electrons. The van der Waals surface area contributed by atoms with Gasteiger partial charge in [-0.1, -0.05) is 18.2 Å². The van der Waals surface area contributed by atoms with Crippen LogP contribution in [0.5, 0.6) is 5.75 Å². The molecule has 8 nitrogen and oxygen atoms in total. The van der Waals surface area contributed by atoms with E-state index in [1.165, 1.54) is 12.1 Å². The maximum atomic E-state index is 15.0. The van der Waals surface area contributed by atoms with Crippen LogP contribution in [0.25, 0.3) is 22.0 Å². The Bertz CT molecular complexity index is 1500. The van der Waals surface area contributed by atoms with E-state index in [-0.39, 0.29) is 46.6 Å². The third-order valence-corrected chi connectivity index (χ3v) is 7.81. The number of aromatic nitrogens is 2. The molecule has 11 heteroatoms. The van der Waals surface area contributed by atoms with Crippen molar-refractivity contribution < 1.29 is 18.6 Å². The Morgan fingerprint density at radius 2 is 2.00 bits per heavy atom. The van der Waals surface area contributed by atoms with Gasteiger partial charge in [0.05, 0.1) is 16.6 Å². The number of ether oxygens (including phenoxy) is 1. The second kappa shape index (κ2) is 10.5. The number of nitrogens with zero attached hydrogens (tertiary/aromatic N) is 5. The Morgan fingerprint density at radius 1 is 1.26 bits per heavy atom. The number of hydrogen-bond donors (Lipinski definition) is 1. The molecule has 2 unspecified atom stereocenters. The lowest BCUT2D eigenvalue weighted by molar-refractivity contribution is 0.0000435. The number of benzene rings is 2. The maximum absolute atomic E-state index is 15.0. The van der Waals surface area contributed by atoms with Gasteiger partial charge in [0, 0.05) is 54.3 Å². The summed E-state index contributed by atoms with van der Waals surface area (Å²) in [6.07, 6.45) is 0.701. The van der Waals surface area contributed by atoms with Crippen LogP contribution in [0.15, 0.2) is 41.7 Å². The Kier molecular flexibility index (Phi) is 7.41. The molecular weight excluding hydrogens is 528 g/mol. The molecule has 1 saturated heterocycles. The molecule has 0 aliphatic carbocycles. The molecule has 39 heavy (non-hydrogen) atoms. The molecule has 0 amide bonds. The fraction of sp³-hybridized carbons (Fsp3) is 0.429. The van der Waals surface area contributed by atoms with Crippen molar-refractivity contribution in [3.63, 3.8) is 0 Å². The smallest absolute Gasteiger partial charge is 0.350 e. The SMILES string of the molecule is C=CC(O)N1C[C@H](C)N(c2nc(=O)n3c4c(c(-c5ccc(F)cc5F)c(Cl)cc24)OCC3CN(C)C)C[C@H]1C. The summed E-state index contributed by atoms with van der Waals surface area (Å²) >= 11 is 6.80. The molecule has 4 atom stereocenters. The monoisotopic (exact) mass is 559 g/mol. The molecule has 0 saturated carbocycles. The number of aliphatic hydroxyl groups is 1. The van der Waals surface area contributed by atoms with Gasteiger partial charge < -0.3 is 19.6 Å². The fourth-order valence-electron chi connectivity index (χ4n) is 5.73. The molecule has 3 heterocycles. The summed E-state index contributed by atoms with van der Waals surface area (Å²) in [5.41, 5.74) is 0.362. The molecule has 1 N–H and O–H groups in total. The van der Waals surface area contributed by atoms with Crippen LogP contribution in [0.3, 0.4) is 0 Å². The van der Waals surface area contributed by atoms with Crippen LogP contribution in [0.4, 0.5) is 14.6 Å². The summed E-state index contributed by atoms with van der Waals surface area (Å²) in [4.78, 5) is 24.2. The highest BCUT2D eigenvalue weighted by Gasteiger charge is 2.36. The second-order valence-corrected chi connectivity index (χ2v) is 11.0. The fourth-order valence-corrected chi connectivity index (χ4v) is 6.03. The first-order chi connectivity index (χ1) is 18.5. The average Bonchev–Trinajstić information content (AvgIpc) is 2.87. The molecule has 0 bridgehead atoms. The Balaban J connectivity index is 1.76. The number of rotatable bonds is 6. The molecule has 2 aliphatic heterocycles. The number of likely N-dealkylation sites (N-methyl/N-ethyl adjacent to an activating group) is 1. The lowest BCUT2D eigenvalue weighted by Crippen LogP contribution is -2.59.